The molecule has 0 aliphatic carbocycles. The average molecular weight is 244 g/mol. The van der Waals surface area contributed by atoms with Crippen molar-refractivity contribution in [3.05, 3.63) is 30.6 Å². The van der Waals surface area contributed by atoms with E-state index in [1.807, 2.05) is 28.9 Å². The number of hydrogen-bond acceptors (Lipinski definition) is 3. The number of benzene rings is 1. The van der Waals surface area contributed by atoms with Gasteiger partial charge in [-0.2, -0.15) is 5.10 Å². The summed E-state index contributed by atoms with van der Waals surface area (Å²) in [5.74, 6) is 1.37. The minimum atomic E-state index is 0.630. The molecule has 2 rings (SSSR count). The standard InChI is InChI=1S/C14H20N4/c1-3-5-11(2)9-18-10-16-14(17-18)12-6-4-7-13(15)8-12/h4,6-8,10-11H,3,5,9,15H2,1-2H3. The van der Waals surface area contributed by atoms with Crippen LogP contribution in [0.15, 0.2) is 30.6 Å². The third kappa shape index (κ3) is 3.09. The summed E-state index contributed by atoms with van der Waals surface area (Å²) in [4.78, 5) is 4.34. The molecule has 0 spiro atoms. The molecule has 0 bridgehead atoms. The highest BCUT2D eigenvalue weighted by Crippen LogP contribution is 2.17. The molecule has 96 valence electrons. The molecule has 0 saturated heterocycles. The molecule has 0 amide bonds. The predicted octanol–water partition coefficient (Wildman–Crippen LogP) is 2.96. The lowest BCUT2D eigenvalue weighted by molar-refractivity contribution is 0.420. The van der Waals surface area contributed by atoms with E-state index in [1.165, 1.54) is 12.8 Å². The summed E-state index contributed by atoms with van der Waals surface area (Å²) in [7, 11) is 0. The van der Waals surface area contributed by atoms with Crippen LogP contribution in [-0.4, -0.2) is 14.8 Å². The number of nitrogen functional groups attached to an aromatic ring is 1. The zero-order valence-electron chi connectivity index (χ0n) is 11.0. The smallest absolute Gasteiger partial charge is 0.181 e. The lowest BCUT2D eigenvalue weighted by atomic mass is 10.1. The quantitative estimate of drug-likeness (QED) is 0.823. The molecule has 0 aliphatic rings. The van der Waals surface area contributed by atoms with Gasteiger partial charge < -0.3 is 5.73 Å². The van der Waals surface area contributed by atoms with Crippen LogP contribution in [0, 0.1) is 5.92 Å². The van der Waals surface area contributed by atoms with Gasteiger partial charge in [0.25, 0.3) is 0 Å². The van der Waals surface area contributed by atoms with Crippen LogP contribution in [0.25, 0.3) is 11.4 Å². The Hall–Kier alpha value is -1.84. The number of anilines is 1. The van der Waals surface area contributed by atoms with Crippen molar-refractivity contribution in [3.63, 3.8) is 0 Å². The van der Waals surface area contributed by atoms with Crippen LogP contribution in [0.4, 0.5) is 5.69 Å². The molecule has 1 heterocycles. The maximum Gasteiger partial charge on any atom is 0.181 e. The first-order valence-electron chi connectivity index (χ1n) is 6.44. The van der Waals surface area contributed by atoms with Crippen LogP contribution in [-0.2, 0) is 6.54 Å². The molecule has 1 atom stereocenters. The van der Waals surface area contributed by atoms with Crippen LogP contribution in [0.1, 0.15) is 26.7 Å². The highest BCUT2D eigenvalue weighted by Gasteiger charge is 2.07. The molecule has 2 N–H and O–H groups in total. The molecule has 18 heavy (non-hydrogen) atoms. The highest BCUT2D eigenvalue weighted by atomic mass is 15.3. The first-order chi connectivity index (χ1) is 8.69. The van der Waals surface area contributed by atoms with Crippen molar-refractivity contribution in [3.8, 4) is 11.4 Å². The molecule has 0 fully saturated rings. The fraction of sp³-hybridized carbons (Fsp3) is 0.429. The Morgan fingerprint density at radius 3 is 2.94 bits per heavy atom. The summed E-state index contributed by atoms with van der Waals surface area (Å²) in [5.41, 5.74) is 7.47. The van der Waals surface area contributed by atoms with Gasteiger partial charge >= 0.3 is 0 Å². The van der Waals surface area contributed by atoms with Gasteiger partial charge in [-0.25, -0.2) is 4.98 Å². The zero-order chi connectivity index (χ0) is 13.0. The summed E-state index contributed by atoms with van der Waals surface area (Å²) < 4.78 is 1.92. The van der Waals surface area contributed by atoms with Gasteiger partial charge in [0, 0.05) is 17.8 Å². The van der Waals surface area contributed by atoms with Crippen molar-refractivity contribution < 1.29 is 0 Å². The molecule has 1 aromatic carbocycles. The lowest BCUT2D eigenvalue weighted by Crippen LogP contribution is -2.07. The Balaban J connectivity index is 2.10. The van der Waals surface area contributed by atoms with Gasteiger partial charge in [0.15, 0.2) is 5.82 Å². The second-order valence-electron chi connectivity index (χ2n) is 4.81. The van der Waals surface area contributed by atoms with Crippen LogP contribution in [0.2, 0.25) is 0 Å². The largest absolute Gasteiger partial charge is 0.399 e. The Bertz CT molecular complexity index is 504. The normalized spacial score (nSPS) is 12.6. The van der Waals surface area contributed by atoms with Crippen molar-refractivity contribution in [2.24, 2.45) is 5.92 Å². The van der Waals surface area contributed by atoms with Crippen molar-refractivity contribution in [1.82, 2.24) is 14.8 Å². The summed E-state index contributed by atoms with van der Waals surface area (Å²) in [5, 5.41) is 4.49. The average Bonchev–Trinajstić information content (AvgIpc) is 2.78. The summed E-state index contributed by atoms with van der Waals surface area (Å²) in [6.07, 6.45) is 4.22. The van der Waals surface area contributed by atoms with E-state index in [4.69, 9.17) is 5.73 Å². The van der Waals surface area contributed by atoms with Gasteiger partial charge in [-0.3, -0.25) is 4.68 Å². The minimum Gasteiger partial charge on any atom is -0.399 e. The van der Waals surface area contributed by atoms with E-state index >= 15 is 0 Å². The van der Waals surface area contributed by atoms with Gasteiger partial charge in [-0.15, -0.1) is 0 Å². The van der Waals surface area contributed by atoms with Gasteiger partial charge in [0.2, 0.25) is 0 Å². The van der Waals surface area contributed by atoms with Crippen LogP contribution in [0.3, 0.4) is 0 Å². The van der Waals surface area contributed by atoms with Crippen molar-refractivity contribution in [2.75, 3.05) is 5.73 Å². The van der Waals surface area contributed by atoms with Crippen LogP contribution in [0.5, 0.6) is 0 Å². The van der Waals surface area contributed by atoms with Crippen molar-refractivity contribution in [2.45, 2.75) is 33.2 Å². The molecular weight excluding hydrogens is 224 g/mol. The highest BCUT2D eigenvalue weighted by molar-refractivity contribution is 5.60. The molecule has 0 aliphatic heterocycles. The Morgan fingerprint density at radius 1 is 1.39 bits per heavy atom. The Kier molecular flexibility index (Phi) is 3.97. The number of aromatic nitrogens is 3. The molecule has 1 aromatic heterocycles. The predicted molar refractivity (Wildman–Crippen MR) is 73.9 cm³/mol. The third-order valence-electron chi connectivity index (χ3n) is 2.96. The second kappa shape index (κ2) is 5.67. The molecule has 0 radical (unpaired) electrons. The minimum absolute atomic E-state index is 0.630. The molecule has 4 nitrogen and oxygen atoms in total. The van der Waals surface area contributed by atoms with E-state index in [-0.39, 0.29) is 0 Å². The molecule has 4 heteroatoms. The number of hydrogen-bond donors (Lipinski definition) is 1. The van der Waals surface area contributed by atoms with E-state index in [2.05, 4.69) is 23.9 Å². The van der Waals surface area contributed by atoms with Crippen LogP contribution < -0.4 is 5.73 Å². The number of nitrogens with zero attached hydrogens (tertiary/aromatic N) is 3. The molecular formula is C14H20N4. The number of rotatable bonds is 5. The van der Waals surface area contributed by atoms with Gasteiger partial charge in [-0.1, -0.05) is 32.4 Å². The van der Waals surface area contributed by atoms with Gasteiger partial charge in [0.1, 0.15) is 6.33 Å². The van der Waals surface area contributed by atoms with Gasteiger partial charge in [0.05, 0.1) is 0 Å². The van der Waals surface area contributed by atoms with E-state index in [9.17, 15) is 0 Å². The maximum absolute atomic E-state index is 5.76. The number of nitrogens with two attached hydrogens (primary N) is 1. The van der Waals surface area contributed by atoms with E-state index in [0.717, 1.165) is 23.6 Å². The fourth-order valence-corrected chi connectivity index (χ4v) is 2.10. The second-order valence-corrected chi connectivity index (χ2v) is 4.81. The monoisotopic (exact) mass is 244 g/mol. The SMILES string of the molecule is CCCC(C)Cn1cnc(-c2cccc(N)c2)n1. The fourth-order valence-electron chi connectivity index (χ4n) is 2.10. The van der Waals surface area contributed by atoms with Crippen molar-refractivity contribution in [1.29, 1.82) is 0 Å². The first kappa shape index (κ1) is 12.6. The van der Waals surface area contributed by atoms with Crippen LogP contribution >= 0.6 is 0 Å². The summed E-state index contributed by atoms with van der Waals surface area (Å²) in [6, 6.07) is 7.66. The molecule has 0 saturated carbocycles. The topological polar surface area (TPSA) is 56.7 Å². The van der Waals surface area contributed by atoms with Crippen molar-refractivity contribution >= 4 is 5.69 Å². The molecule has 2 aromatic rings. The Labute approximate surface area is 108 Å². The van der Waals surface area contributed by atoms with E-state index in [0.29, 0.717) is 5.92 Å². The zero-order valence-corrected chi connectivity index (χ0v) is 11.0. The first-order valence-corrected chi connectivity index (χ1v) is 6.44. The lowest BCUT2D eigenvalue weighted by Gasteiger charge is -2.08. The third-order valence-corrected chi connectivity index (χ3v) is 2.96. The molecule has 1 unspecified atom stereocenters. The maximum atomic E-state index is 5.76. The van der Waals surface area contributed by atoms with E-state index < -0.39 is 0 Å². The summed E-state index contributed by atoms with van der Waals surface area (Å²) >= 11 is 0. The summed E-state index contributed by atoms with van der Waals surface area (Å²) in [6.45, 7) is 5.37. The Morgan fingerprint density at radius 2 is 2.22 bits per heavy atom. The van der Waals surface area contributed by atoms with E-state index in [1.54, 1.807) is 6.33 Å². The van der Waals surface area contributed by atoms with Gasteiger partial charge in [-0.05, 0) is 24.5 Å².